The molecule has 1 heterocycles. The number of carbonyl (C=O) groups is 4. The summed E-state index contributed by atoms with van der Waals surface area (Å²) in [5.41, 5.74) is 1.14. The second-order valence-electron chi connectivity index (χ2n) is 27.6. The number of benzene rings is 1. The lowest BCUT2D eigenvalue weighted by Crippen LogP contribution is -2.71. The predicted molar refractivity (Wildman–Crippen MR) is 263 cm³/mol. The van der Waals surface area contributed by atoms with E-state index in [0.717, 1.165) is 113 Å². The van der Waals surface area contributed by atoms with Gasteiger partial charge >= 0.3 is 17.7 Å². The van der Waals surface area contributed by atoms with E-state index in [9.17, 15) is 24.3 Å². The first-order valence-corrected chi connectivity index (χ1v) is 26.7. The van der Waals surface area contributed by atoms with Crippen LogP contribution in [0, 0.1) is 73.4 Å². The highest BCUT2D eigenvalue weighted by Crippen LogP contribution is 2.78. The number of carbonyl (C=O) groups excluding carboxylic acids is 4. The number of rotatable bonds is 2. The third-order valence-corrected chi connectivity index (χ3v) is 24.8. The summed E-state index contributed by atoms with van der Waals surface area (Å²) in [5.74, 6) is -1.66. The fourth-order valence-electron chi connectivity index (χ4n) is 19.5. The molecule has 1 aromatic carbocycles. The van der Waals surface area contributed by atoms with Gasteiger partial charge in [-0.2, -0.15) is 0 Å². The van der Waals surface area contributed by atoms with Crippen molar-refractivity contribution in [3.8, 4) is 11.5 Å². The van der Waals surface area contributed by atoms with Crippen molar-refractivity contribution in [2.24, 2.45) is 66.5 Å². The Hall–Kier alpha value is -3.72. The van der Waals surface area contributed by atoms with Crippen LogP contribution in [0.15, 0.2) is 41.0 Å². The molecule has 374 valence electrons. The van der Waals surface area contributed by atoms with E-state index in [4.69, 9.17) is 18.9 Å². The van der Waals surface area contributed by atoms with Crippen LogP contribution in [-0.2, 0) is 29.3 Å². The molecule has 0 aromatic heterocycles. The van der Waals surface area contributed by atoms with E-state index >= 15 is 0 Å². The molecule has 0 unspecified atom stereocenters. The molecule has 0 bridgehead atoms. The van der Waals surface area contributed by atoms with E-state index < -0.39 is 33.4 Å². The molecule has 9 nitrogen and oxygen atoms in total. The first-order valence-electron chi connectivity index (χ1n) is 26.7. The van der Waals surface area contributed by atoms with Gasteiger partial charge in [-0.25, -0.2) is 0 Å². The van der Waals surface area contributed by atoms with Crippen LogP contribution in [0.3, 0.4) is 0 Å². The van der Waals surface area contributed by atoms with Crippen molar-refractivity contribution in [2.45, 2.75) is 196 Å². The van der Waals surface area contributed by atoms with Gasteiger partial charge in [0.15, 0.2) is 17.3 Å². The second kappa shape index (κ2) is 13.9. The van der Waals surface area contributed by atoms with Gasteiger partial charge in [0.05, 0.1) is 25.0 Å². The molecule has 9 aliphatic carbocycles. The van der Waals surface area contributed by atoms with E-state index in [2.05, 4.69) is 75.3 Å². The van der Waals surface area contributed by atoms with Gasteiger partial charge in [-0.15, -0.1) is 0 Å². The van der Waals surface area contributed by atoms with Gasteiger partial charge in [0.2, 0.25) is 11.4 Å². The van der Waals surface area contributed by atoms with E-state index in [1.54, 1.807) is 6.08 Å². The van der Waals surface area contributed by atoms with Crippen molar-refractivity contribution in [2.75, 3.05) is 14.2 Å². The average Bonchev–Trinajstić information content (AvgIpc) is 3.30. The standard InChI is InChI=1S/C60H80O9/c1-34-45-37(54(7)24-28-58(11)43-33-52(5,48(64)67-14)20-18-50(43,3)22-26-56(58,9)41(54)31-38(45)61)29-39-46(34)69-60(65)44(62)30-36-35(59(60,12)68-39)15-16-40-53(36,6)23-27-57(10)42-32-51(4,47(63)66-13)19-17-49(42,2)21-25-55(40,57)8/h15,29-31,40,42-43,65H,16-28,32-33H2,1-14H3/t40-,42-,43-,49-,50-,51-,52-,53+,54+,55-,56-,57+,58+,59+,60-/m1/s1. The minimum atomic E-state index is -2.35. The summed E-state index contributed by atoms with van der Waals surface area (Å²) in [7, 11) is 3.03. The van der Waals surface area contributed by atoms with Crippen LogP contribution in [0.5, 0.6) is 11.5 Å². The van der Waals surface area contributed by atoms with Crippen LogP contribution >= 0.6 is 0 Å². The molecule has 6 saturated carbocycles. The summed E-state index contributed by atoms with van der Waals surface area (Å²) in [6.45, 7) is 27.3. The minimum Gasteiger partial charge on any atom is -0.471 e. The van der Waals surface area contributed by atoms with Crippen molar-refractivity contribution in [3.05, 3.63) is 57.7 Å². The summed E-state index contributed by atoms with van der Waals surface area (Å²) in [5, 5.41) is 12.8. The smallest absolute Gasteiger partial charge is 0.317 e. The van der Waals surface area contributed by atoms with Crippen LogP contribution in [0.2, 0.25) is 0 Å². The maximum absolute atomic E-state index is 14.9. The van der Waals surface area contributed by atoms with E-state index in [0.29, 0.717) is 22.8 Å². The highest BCUT2D eigenvalue weighted by atomic mass is 16.7. The Morgan fingerprint density at radius 3 is 1.78 bits per heavy atom. The summed E-state index contributed by atoms with van der Waals surface area (Å²) in [4.78, 5) is 56.4. The summed E-state index contributed by atoms with van der Waals surface area (Å²) in [6.07, 6.45) is 19.6. The maximum atomic E-state index is 14.9. The molecule has 9 heteroatoms. The zero-order chi connectivity index (χ0) is 49.9. The first-order chi connectivity index (χ1) is 32.0. The molecule has 6 fully saturated rings. The number of fused-ring (bicyclic) bond motifs is 17. The van der Waals surface area contributed by atoms with Crippen LogP contribution in [-0.4, -0.2) is 54.2 Å². The normalized spacial score (nSPS) is 50.0. The zero-order valence-electron chi connectivity index (χ0n) is 44.4. The number of esters is 2. The zero-order valence-corrected chi connectivity index (χ0v) is 44.4. The average molecular weight is 945 g/mol. The molecule has 69 heavy (non-hydrogen) atoms. The van der Waals surface area contributed by atoms with Gasteiger partial charge in [0, 0.05) is 22.1 Å². The van der Waals surface area contributed by atoms with Crippen LogP contribution in [0.1, 0.15) is 194 Å². The fourth-order valence-corrected chi connectivity index (χ4v) is 19.5. The van der Waals surface area contributed by atoms with Crippen LogP contribution in [0.25, 0.3) is 0 Å². The third kappa shape index (κ3) is 5.43. The molecular weight excluding hydrogens is 865 g/mol. The summed E-state index contributed by atoms with van der Waals surface area (Å²) < 4.78 is 24.8. The van der Waals surface area contributed by atoms with Crippen molar-refractivity contribution in [1.82, 2.24) is 0 Å². The van der Waals surface area contributed by atoms with Crippen molar-refractivity contribution in [3.63, 3.8) is 0 Å². The Morgan fingerprint density at radius 1 is 0.638 bits per heavy atom. The molecule has 11 rings (SSSR count). The maximum Gasteiger partial charge on any atom is 0.317 e. The highest BCUT2D eigenvalue weighted by molar-refractivity contribution is 6.10. The molecule has 1 aliphatic heterocycles. The van der Waals surface area contributed by atoms with E-state index in [1.165, 1.54) is 19.8 Å². The van der Waals surface area contributed by atoms with Gasteiger partial charge in [0.25, 0.3) is 0 Å². The highest BCUT2D eigenvalue weighted by Gasteiger charge is 2.73. The summed E-state index contributed by atoms with van der Waals surface area (Å²) in [6, 6.07) is 2.02. The van der Waals surface area contributed by atoms with Crippen LogP contribution in [0.4, 0.5) is 0 Å². The number of allylic oxidation sites excluding steroid dienone is 3. The van der Waals surface area contributed by atoms with Gasteiger partial charge in [-0.1, -0.05) is 61.5 Å². The number of hydrogen-bond acceptors (Lipinski definition) is 9. The molecule has 1 aromatic rings. The van der Waals surface area contributed by atoms with Crippen molar-refractivity contribution >= 4 is 23.5 Å². The lowest BCUT2D eigenvalue weighted by atomic mass is 9.32. The minimum absolute atomic E-state index is 0.0408. The second-order valence-corrected chi connectivity index (χ2v) is 27.6. The number of ether oxygens (including phenoxy) is 4. The number of ketones is 2. The SMILES string of the molecule is COC(=O)[C@]1(C)CC[C@]2(C)CC[C@]3(C)C4=CC(=O)c5c(cc6c(c5C)O[C@]5(O)C(=O)C=C7C(=CC[C@@H]8[C@@]7(C)CC[C@@]7(C)[C@@H]9C[C@](C)(C(=O)OC)CC[C@]9(C)CC[C@]87C)[C@]5(C)O6)[C@]4(C)CC[C@@]3(C)[C@@H]2C1. The van der Waals surface area contributed by atoms with Gasteiger partial charge in [0.1, 0.15) is 0 Å². The largest absolute Gasteiger partial charge is 0.471 e. The molecule has 0 amide bonds. The Kier molecular flexibility index (Phi) is 9.56. The topological polar surface area (TPSA) is 125 Å². The quantitative estimate of drug-likeness (QED) is 0.288. The molecular formula is C60H80O9. The molecule has 0 saturated heterocycles. The Labute approximate surface area is 411 Å². The van der Waals surface area contributed by atoms with Gasteiger partial charge in [-0.05, 0) is 215 Å². The third-order valence-electron chi connectivity index (χ3n) is 24.8. The molecule has 0 radical (unpaired) electrons. The Morgan fingerprint density at radius 2 is 1.17 bits per heavy atom. The first kappa shape index (κ1) is 47.6. The molecule has 1 N–H and O–H groups in total. The lowest BCUT2D eigenvalue weighted by molar-refractivity contribution is -0.236. The van der Waals surface area contributed by atoms with Crippen molar-refractivity contribution < 1.29 is 43.2 Å². The van der Waals surface area contributed by atoms with Gasteiger partial charge < -0.3 is 24.1 Å². The van der Waals surface area contributed by atoms with E-state index in [1.807, 2.05) is 26.0 Å². The van der Waals surface area contributed by atoms with Gasteiger partial charge in [-0.3, -0.25) is 19.2 Å². The monoisotopic (exact) mass is 945 g/mol. The summed E-state index contributed by atoms with van der Waals surface area (Å²) >= 11 is 0. The number of hydrogen-bond donors (Lipinski definition) is 1. The molecule has 10 aliphatic rings. The van der Waals surface area contributed by atoms with E-state index in [-0.39, 0.29) is 73.2 Å². The number of aliphatic hydroxyl groups is 1. The fraction of sp³-hybridized carbons (Fsp3) is 0.733. The van der Waals surface area contributed by atoms with Crippen molar-refractivity contribution in [1.29, 1.82) is 0 Å². The molecule has 0 spiro atoms. The lowest BCUT2D eigenvalue weighted by Gasteiger charge is -2.72. The Bertz CT molecular complexity index is 2660. The predicted octanol–water partition coefficient (Wildman–Crippen LogP) is 12.2. The van der Waals surface area contributed by atoms with Crippen LogP contribution < -0.4 is 9.47 Å². The Balaban J connectivity index is 0.959. The molecule has 15 atom stereocenters. The number of methoxy groups -OCH3 is 2.